The van der Waals surface area contributed by atoms with Crippen LogP contribution in [0.1, 0.15) is 36.7 Å². The number of hydrogen-bond acceptors (Lipinski definition) is 5. The van der Waals surface area contributed by atoms with Crippen LogP contribution in [0.4, 0.5) is 5.95 Å². The molecule has 3 rings (SSSR count). The molecule has 1 aromatic heterocycles. The van der Waals surface area contributed by atoms with Crippen LogP contribution in [0.5, 0.6) is 0 Å². The Morgan fingerprint density at radius 3 is 2.87 bits per heavy atom. The van der Waals surface area contributed by atoms with E-state index in [2.05, 4.69) is 32.0 Å². The lowest BCUT2D eigenvalue weighted by atomic mass is 10.1. The predicted octanol–water partition coefficient (Wildman–Crippen LogP) is 1.80. The molecule has 1 aromatic rings. The standard InChI is InChI=1S/C16H24ClN5O/c1-2-21-8-5-12(11-21)9-18-15(23)14-13(17)10-19-16(20-14)22-6-3-4-7-22/h10,12H,2-9,11H2,1H3,(H,18,23). The van der Waals surface area contributed by atoms with Gasteiger partial charge in [0.2, 0.25) is 5.95 Å². The van der Waals surface area contributed by atoms with Gasteiger partial charge in [0.15, 0.2) is 5.69 Å². The van der Waals surface area contributed by atoms with Gasteiger partial charge >= 0.3 is 0 Å². The molecule has 1 unspecified atom stereocenters. The predicted molar refractivity (Wildman–Crippen MR) is 91.0 cm³/mol. The molecule has 6 nitrogen and oxygen atoms in total. The molecular weight excluding hydrogens is 314 g/mol. The zero-order chi connectivity index (χ0) is 16.2. The minimum absolute atomic E-state index is 0.201. The van der Waals surface area contributed by atoms with E-state index in [1.165, 1.54) is 6.20 Å². The van der Waals surface area contributed by atoms with Crippen molar-refractivity contribution in [2.24, 2.45) is 5.92 Å². The fourth-order valence-electron chi connectivity index (χ4n) is 3.27. The van der Waals surface area contributed by atoms with Crippen LogP contribution in [0.3, 0.4) is 0 Å². The fourth-order valence-corrected chi connectivity index (χ4v) is 3.45. The summed E-state index contributed by atoms with van der Waals surface area (Å²) in [5.74, 6) is 0.917. The molecule has 2 aliphatic rings. The van der Waals surface area contributed by atoms with Crippen molar-refractivity contribution in [2.45, 2.75) is 26.2 Å². The average molecular weight is 338 g/mol. The van der Waals surface area contributed by atoms with Crippen LogP contribution >= 0.6 is 11.6 Å². The molecule has 7 heteroatoms. The topological polar surface area (TPSA) is 61.4 Å². The molecule has 0 aromatic carbocycles. The van der Waals surface area contributed by atoms with Crippen molar-refractivity contribution in [3.05, 3.63) is 16.9 Å². The van der Waals surface area contributed by atoms with Gasteiger partial charge < -0.3 is 15.1 Å². The van der Waals surface area contributed by atoms with Crippen LogP contribution in [0.25, 0.3) is 0 Å². The van der Waals surface area contributed by atoms with Crippen LogP contribution in [-0.4, -0.2) is 60.0 Å². The number of carbonyl (C=O) groups is 1. The Morgan fingerprint density at radius 2 is 2.17 bits per heavy atom. The Kier molecular flexibility index (Phi) is 5.33. The quantitative estimate of drug-likeness (QED) is 0.887. The summed E-state index contributed by atoms with van der Waals surface area (Å²) >= 11 is 6.13. The highest BCUT2D eigenvalue weighted by Crippen LogP contribution is 2.20. The van der Waals surface area contributed by atoms with Gasteiger partial charge in [-0.15, -0.1) is 0 Å². The second kappa shape index (κ2) is 7.45. The molecule has 1 N–H and O–H groups in total. The van der Waals surface area contributed by atoms with Crippen molar-refractivity contribution < 1.29 is 4.79 Å². The summed E-state index contributed by atoms with van der Waals surface area (Å²) in [6, 6.07) is 0. The number of aromatic nitrogens is 2. The minimum atomic E-state index is -0.201. The highest BCUT2D eigenvalue weighted by atomic mass is 35.5. The van der Waals surface area contributed by atoms with E-state index in [0.29, 0.717) is 23.4 Å². The van der Waals surface area contributed by atoms with Gasteiger partial charge in [0, 0.05) is 26.2 Å². The SMILES string of the molecule is CCN1CCC(CNC(=O)c2nc(N3CCCC3)ncc2Cl)C1. The fraction of sp³-hybridized carbons (Fsp3) is 0.688. The number of hydrogen-bond donors (Lipinski definition) is 1. The molecule has 3 heterocycles. The molecule has 23 heavy (non-hydrogen) atoms. The molecule has 2 fully saturated rings. The van der Waals surface area contributed by atoms with Crippen molar-refractivity contribution >= 4 is 23.5 Å². The Hall–Kier alpha value is -1.40. The normalized spacial score (nSPS) is 21.8. The molecular formula is C16H24ClN5O. The molecule has 2 saturated heterocycles. The average Bonchev–Trinajstić information content (AvgIpc) is 3.24. The van der Waals surface area contributed by atoms with Crippen LogP contribution in [0.2, 0.25) is 5.02 Å². The Labute approximate surface area is 142 Å². The second-order valence-corrected chi connectivity index (χ2v) is 6.73. The summed E-state index contributed by atoms with van der Waals surface area (Å²) in [5, 5.41) is 3.30. The van der Waals surface area contributed by atoms with Crippen molar-refractivity contribution in [1.82, 2.24) is 20.2 Å². The summed E-state index contributed by atoms with van der Waals surface area (Å²) in [6.45, 7) is 7.96. The third kappa shape index (κ3) is 3.93. The van der Waals surface area contributed by atoms with Crippen molar-refractivity contribution in [2.75, 3.05) is 44.2 Å². The van der Waals surface area contributed by atoms with Crippen molar-refractivity contribution in [3.63, 3.8) is 0 Å². The van der Waals surface area contributed by atoms with Crippen LogP contribution < -0.4 is 10.2 Å². The number of nitrogens with one attached hydrogen (secondary N) is 1. The van der Waals surface area contributed by atoms with Gasteiger partial charge in [0.05, 0.1) is 11.2 Å². The molecule has 0 saturated carbocycles. The first-order valence-electron chi connectivity index (χ1n) is 8.45. The van der Waals surface area contributed by atoms with Crippen LogP contribution in [0.15, 0.2) is 6.20 Å². The van der Waals surface area contributed by atoms with Gasteiger partial charge in [-0.05, 0) is 38.3 Å². The summed E-state index contributed by atoms with van der Waals surface area (Å²) in [6.07, 6.45) is 4.95. The Balaban J connectivity index is 1.61. The molecule has 0 aliphatic carbocycles. The monoisotopic (exact) mass is 337 g/mol. The van der Waals surface area contributed by atoms with Gasteiger partial charge in [-0.25, -0.2) is 9.97 Å². The number of rotatable bonds is 5. The maximum Gasteiger partial charge on any atom is 0.271 e. The zero-order valence-electron chi connectivity index (χ0n) is 13.6. The molecule has 1 amide bonds. The zero-order valence-corrected chi connectivity index (χ0v) is 14.3. The highest BCUT2D eigenvalue weighted by molar-refractivity contribution is 6.33. The van der Waals surface area contributed by atoms with Crippen LogP contribution in [0, 0.1) is 5.92 Å². The van der Waals surface area contributed by atoms with Gasteiger partial charge in [-0.2, -0.15) is 0 Å². The van der Waals surface area contributed by atoms with E-state index in [1.54, 1.807) is 0 Å². The third-order valence-corrected chi connectivity index (χ3v) is 4.98. The number of halogens is 1. The molecule has 0 radical (unpaired) electrons. The summed E-state index contributed by atoms with van der Waals surface area (Å²) in [4.78, 5) is 25.6. The second-order valence-electron chi connectivity index (χ2n) is 6.32. The number of likely N-dealkylation sites (tertiary alicyclic amines) is 1. The number of amides is 1. The maximum atomic E-state index is 12.4. The lowest BCUT2D eigenvalue weighted by Gasteiger charge is -2.16. The third-order valence-electron chi connectivity index (χ3n) is 4.70. The maximum absolute atomic E-state index is 12.4. The molecule has 0 bridgehead atoms. The number of carbonyl (C=O) groups excluding carboxylic acids is 1. The Morgan fingerprint density at radius 1 is 1.39 bits per heavy atom. The molecule has 2 aliphatic heterocycles. The van der Waals surface area contributed by atoms with E-state index in [0.717, 1.165) is 52.0 Å². The molecule has 1 atom stereocenters. The summed E-state index contributed by atoms with van der Waals surface area (Å²) in [5.41, 5.74) is 0.286. The van der Waals surface area contributed by atoms with Crippen LogP contribution in [-0.2, 0) is 0 Å². The number of nitrogens with zero attached hydrogens (tertiary/aromatic N) is 4. The first-order chi connectivity index (χ1) is 11.2. The number of anilines is 1. The van der Waals surface area contributed by atoms with E-state index in [1.807, 2.05) is 0 Å². The summed E-state index contributed by atoms with van der Waals surface area (Å²) in [7, 11) is 0. The van der Waals surface area contributed by atoms with Gasteiger partial charge in [-0.3, -0.25) is 4.79 Å². The lowest BCUT2D eigenvalue weighted by Crippen LogP contribution is -2.32. The van der Waals surface area contributed by atoms with Gasteiger partial charge in [0.1, 0.15) is 0 Å². The van der Waals surface area contributed by atoms with E-state index in [9.17, 15) is 4.79 Å². The summed E-state index contributed by atoms with van der Waals surface area (Å²) < 4.78 is 0. The first-order valence-corrected chi connectivity index (χ1v) is 8.83. The first kappa shape index (κ1) is 16.5. The smallest absolute Gasteiger partial charge is 0.271 e. The Bertz CT molecular complexity index is 561. The van der Waals surface area contributed by atoms with Crippen molar-refractivity contribution in [3.8, 4) is 0 Å². The minimum Gasteiger partial charge on any atom is -0.350 e. The van der Waals surface area contributed by atoms with Gasteiger partial charge in [-0.1, -0.05) is 18.5 Å². The highest BCUT2D eigenvalue weighted by Gasteiger charge is 2.23. The van der Waals surface area contributed by atoms with E-state index >= 15 is 0 Å². The van der Waals surface area contributed by atoms with E-state index in [-0.39, 0.29) is 11.6 Å². The lowest BCUT2D eigenvalue weighted by molar-refractivity contribution is 0.0942. The molecule has 126 valence electrons. The van der Waals surface area contributed by atoms with Crippen molar-refractivity contribution in [1.29, 1.82) is 0 Å². The van der Waals surface area contributed by atoms with E-state index < -0.39 is 0 Å². The molecule has 0 spiro atoms. The largest absolute Gasteiger partial charge is 0.350 e. The van der Waals surface area contributed by atoms with E-state index in [4.69, 9.17) is 11.6 Å². The van der Waals surface area contributed by atoms with Gasteiger partial charge in [0.25, 0.3) is 5.91 Å².